The Bertz CT molecular complexity index is 954. The minimum absolute atomic E-state index is 0.198. The molecule has 7 nitrogen and oxygen atoms in total. The summed E-state index contributed by atoms with van der Waals surface area (Å²) in [5, 5.41) is 6.69. The maximum absolute atomic E-state index is 14.3. The monoisotopic (exact) mass is 368 g/mol. The first-order valence-corrected chi connectivity index (χ1v) is 8.58. The number of amides is 2. The summed E-state index contributed by atoms with van der Waals surface area (Å²) < 4.78 is 20.9. The van der Waals surface area contributed by atoms with Crippen LogP contribution in [-0.2, 0) is 4.79 Å². The molecule has 1 fully saturated rings. The topological polar surface area (TPSA) is 80.4 Å². The number of halogens is 1. The molecule has 0 saturated carbocycles. The van der Waals surface area contributed by atoms with Crippen molar-refractivity contribution >= 4 is 17.5 Å². The number of benzene rings is 1. The third kappa shape index (κ3) is 3.33. The molecule has 1 aromatic carbocycles. The maximum atomic E-state index is 14.3. The Morgan fingerprint density at radius 2 is 2.15 bits per heavy atom. The molecule has 138 valence electrons. The van der Waals surface area contributed by atoms with Crippen molar-refractivity contribution in [1.29, 1.82) is 0 Å². The van der Waals surface area contributed by atoms with E-state index in [9.17, 15) is 14.0 Å². The number of nitrogens with zero attached hydrogens (tertiary/aromatic N) is 3. The molecule has 3 heterocycles. The van der Waals surface area contributed by atoms with Crippen LogP contribution in [0.4, 0.5) is 10.1 Å². The van der Waals surface area contributed by atoms with Crippen LogP contribution in [0.15, 0.2) is 59.5 Å². The van der Waals surface area contributed by atoms with Gasteiger partial charge in [0.25, 0.3) is 5.91 Å². The lowest BCUT2D eigenvalue weighted by atomic mass is 10.2. The second-order valence-corrected chi connectivity index (χ2v) is 6.24. The van der Waals surface area contributed by atoms with Crippen molar-refractivity contribution in [3.05, 3.63) is 66.6 Å². The van der Waals surface area contributed by atoms with E-state index in [1.807, 2.05) is 0 Å². The summed E-state index contributed by atoms with van der Waals surface area (Å²) >= 11 is 0. The molecule has 1 saturated heterocycles. The number of nitrogens with one attached hydrogen (secondary N) is 1. The van der Waals surface area contributed by atoms with E-state index in [-0.39, 0.29) is 23.3 Å². The summed E-state index contributed by atoms with van der Waals surface area (Å²) in [7, 11) is 0. The van der Waals surface area contributed by atoms with Crippen molar-refractivity contribution in [1.82, 2.24) is 14.7 Å². The molecule has 4 rings (SSSR count). The number of aromatic nitrogens is 2. The van der Waals surface area contributed by atoms with Gasteiger partial charge in [-0.15, -0.1) is 0 Å². The second-order valence-electron chi connectivity index (χ2n) is 6.24. The van der Waals surface area contributed by atoms with Crippen LogP contribution in [0.2, 0.25) is 0 Å². The van der Waals surface area contributed by atoms with E-state index in [2.05, 4.69) is 10.4 Å². The highest BCUT2D eigenvalue weighted by molar-refractivity contribution is 6.00. The minimum Gasteiger partial charge on any atom is -0.459 e. The average Bonchev–Trinajstić information content (AvgIpc) is 3.43. The molecule has 2 amide bonds. The van der Waals surface area contributed by atoms with Crippen molar-refractivity contribution in [2.45, 2.75) is 18.9 Å². The number of likely N-dealkylation sites (tertiary alicyclic amines) is 1. The predicted molar refractivity (Wildman–Crippen MR) is 94.9 cm³/mol. The lowest BCUT2D eigenvalue weighted by molar-refractivity contribution is -0.119. The predicted octanol–water partition coefficient (Wildman–Crippen LogP) is 2.85. The van der Waals surface area contributed by atoms with E-state index in [4.69, 9.17) is 4.42 Å². The summed E-state index contributed by atoms with van der Waals surface area (Å²) in [5.74, 6) is -0.979. The molecule has 0 unspecified atom stereocenters. The van der Waals surface area contributed by atoms with Crippen molar-refractivity contribution in [2.75, 3.05) is 11.9 Å². The smallest absolute Gasteiger partial charge is 0.290 e. The number of rotatable bonds is 4. The van der Waals surface area contributed by atoms with Gasteiger partial charge < -0.3 is 14.6 Å². The summed E-state index contributed by atoms with van der Waals surface area (Å²) in [6.07, 6.45) is 5.87. The number of hydrogen-bond acceptors (Lipinski definition) is 4. The van der Waals surface area contributed by atoms with Crippen LogP contribution < -0.4 is 5.32 Å². The second kappa shape index (κ2) is 7.06. The summed E-state index contributed by atoms with van der Waals surface area (Å²) in [5.41, 5.74) is 0.610. The van der Waals surface area contributed by atoms with Crippen molar-refractivity contribution in [3.63, 3.8) is 0 Å². The lowest BCUT2D eigenvalue weighted by Gasteiger charge is -2.23. The van der Waals surface area contributed by atoms with Gasteiger partial charge in [0.05, 0.1) is 6.26 Å². The molecule has 8 heteroatoms. The fraction of sp³-hybridized carbons (Fsp3) is 0.211. The number of anilines is 1. The Kier molecular flexibility index (Phi) is 4.45. The van der Waals surface area contributed by atoms with Gasteiger partial charge in [-0.05, 0) is 49.2 Å². The first kappa shape index (κ1) is 17.0. The third-order valence-electron chi connectivity index (χ3n) is 4.51. The Hall–Kier alpha value is -3.42. The molecule has 0 aliphatic carbocycles. The zero-order valence-electron chi connectivity index (χ0n) is 14.3. The molecule has 1 aliphatic rings. The van der Waals surface area contributed by atoms with E-state index in [1.165, 1.54) is 21.9 Å². The molecule has 0 radical (unpaired) electrons. The quantitative estimate of drug-likeness (QED) is 0.768. The molecule has 0 spiro atoms. The van der Waals surface area contributed by atoms with Crippen LogP contribution in [0.3, 0.4) is 0 Å². The number of carbonyl (C=O) groups excluding carboxylic acids is 2. The molecule has 2 aromatic heterocycles. The number of furan rings is 1. The van der Waals surface area contributed by atoms with Crippen molar-refractivity contribution in [2.24, 2.45) is 0 Å². The number of hydrogen-bond donors (Lipinski definition) is 1. The SMILES string of the molecule is O=C(Nc1ccc(-n2cccn2)c(F)c1)[C@@H]1CCCN1C(=O)c1ccco1. The molecule has 1 atom stereocenters. The normalized spacial score (nSPS) is 16.5. The first-order chi connectivity index (χ1) is 13.1. The van der Waals surface area contributed by atoms with Gasteiger partial charge in [-0.1, -0.05) is 0 Å². The van der Waals surface area contributed by atoms with Gasteiger partial charge in [0.15, 0.2) is 11.6 Å². The largest absolute Gasteiger partial charge is 0.459 e. The van der Waals surface area contributed by atoms with E-state index in [0.29, 0.717) is 18.7 Å². The van der Waals surface area contributed by atoms with Crippen LogP contribution >= 0.6 is 0 Å². The Morgan fingerprint density at radius 3 is 2.85 bits per heavy atom. The number of carbonyl (C=O) groups is 2. The van der Waals surface area contributed by atoms with Crippen LogP contribution in [-0.4, -0.2) is 39.1 Å². The molecule has 27 heavy (non-hydrogen) atoms. The van der Waals surface area contributed by atoms with Gasteiger partial charge in [0, 0.05) is 24.6 Å². The zero-order valence-corrected chi connectivity index (χ0v) is 14.3. The molecule has 1 N–H and O–H groups in total. The molecular formula is C19H17FN4O3. The van der Waals surface area contributed by atoms with Gasteiger partial charge in [-0.25, -0.2) is 9.07 Å². The standard InChI is InChI=1S/C19H17FN4O3/c20-14-12-13(6-7-15(14)24-10-3-8-21-24)22-18(25)16-4-1-9-23(16)19(26)17-5-2-11-27-17/h2-3,5-8,10-12,16H,1,4,9H2,(H,22,25)/t16-/m0/s1. The third-order valence-corrected chi connectivity index (χ3v) is 4.51. The Balaban J connectivity index is 1.48. The maximum Gasteiger partial charge on any atom is 0.290 e. The van der Waals surface area contributed by atoms with Gasteiger partial charge in [0.2, 0.25) is 5.91 Å². The fourth-order valence-electron chi connectivity index (χ4n) is 3.23. The molecule has 0 bridgehead atoms. The van der Waals surface area contributed by atoms with Crippen molar-refractivity contribution in [3.8, 4) is 5.69 Å². The van der Waals surface area contributed by atoms with E-state index in [1.54, 1.807) is 42.7 Å². The molecular weight excluding hydrogens is 351 g/mol. The average molecular weight is 368 g/mol. The van der Waals surface area contributed by atoms with Crippen molar-refractivity contribution < 1.29 is 18.4 Å². The molecule has 1 aliphatic heterocycles. The minimum atomic E-state index is -0.614. The first-order valence-electron chi connectivity index (χ1n) is 8.58. The van der Waals surface area contributed by atoms with Crippen LogP contribution in [0, 0.1) is 5.82 Å². The van der Waals surface area contributed by atoms with Crippen LogP contribution in [0.1, 0.15) is 23.4 Å². The lowest BCUT2D eigenvalue weighted by Crippen LogP contribution is -2.43. The summed E-state index contributed by atoms with van der Waals surface area (Å²) in [4.78, 5) is 26.6. The fourth-order valence-corrected chi connectivity index (χ4v) is 3.23. The van der Waals surface area contributed by atoms with Gasteiger partial charge in [-0.2, -0.15) is 5.10 Å². The van der Waals surface area contributed by atoms with Crippen LogP contribution in [0.5, 0.6) is 0 Å². The van der Waals surface area contributed by atoms with Gasteiger partial charge in [-0.3, -0.25) is 9.59 Å². The molecule has 3 aromatic rings. The van der Waals surface area contributed by atoms with E-state index in [0.717, 1.165) is 6.42 Å². The summed E-state index contributed by atoms with van der Waals surface area (Å²) in [6.45, 7) is 0.476. The van der Waals surface area contributed by atoms with Gasteiger partial charge in [0.1, 0.15) is 11.7 Å². The van der Waals surface area contributed by atoms with E-state index < -0.39 is 11.9 Å². The highest BCUT2D eigenvalue weighted by atomic mass is 19.1. The Morgan fingerprint density at radius 1 is 1.26 bits per heavy atom. The highest BCUT2D eigenvalue weighted by Gasteiger charge is 2.35. The highest BCUT2D eigenvalue weighted by Crippen LogP contribution is 2.23. The zero-order chi connectivity index (χ0) is 18.8. The van der Waals surface area contributed by atoms with E-state index >= 15 is 0 Å². The summed E-state index contributed by atoms with van der Waals surface area (Å²) in [6, 6.07) is 8.66. The Labute approximate surface area is 154 Å². The van der Waals surface area contributed by atoms with Crippen LogP contribution in [0.25, 0.3) is 5.69 Å². The van der Waals surface area contributed by atoms with Gasteiger partial charge >= 0.3 is 0 Å².